The summed E-state index contributed by atoms with van der Waals surface area (Å²) >= 11 is 6.50. The first-order chi connectivity index (χ1) is 14.0. The van der Waals surface area contributed by atoms with E-state index in [1.54, 1.807) is 42.5 Å². The summed E-state index contributed by atoms with van der Waals surface area (Å²) in [7, 11) is 1.54. The fraction of sp³-hybridized carbons (Fsp3) is 0.0952. The standard InChI is InChI=1S/C21H17NO5S2/c1-3-10-27-18-13(6-5-9-16(18)26-2)12-17-19(23)22(21(28)29-17)15-8-4-7-14(11-15)20(24)25/h3-9,11-12H,1,10H2,2H3,(H,24,25). The lowest BCUT2D eigenvalue weighted by Crippen LogP contribution is -2.27. The van der Waals surface area contributed by atoms with E-state index in [-0.39, 0.29) is 18.1 Å². The van der Waals surface area contributed by atoms with Crippen LogP contribution in [0.3, 0.4) is 0 Å². The van der Waals surface area contributed by atoms with E-state index < -0.39 is 5.97 Å². The van der Waals surface area contributed by atoms with Crippen molar-refractivity contribution >= 4 is 51.9 Å². The number of methoxy groups -OCH3 is 1. The number of thioether (sulfide) groups is 1. The average Bonchev–Trinajstić information content (AvgIpc) is 2.99. The van der Waals surface area contributed by atoms with Crippen molar-refractivity contribution in [3.05, 3.63) is 71.2 Å². The number of carboxylic acids is 1. The van der Waals surface area contributed by atoms with E-state index in [1.165, 1.54) is 24.1 Å². The van der Waals surface area contributed by atoms with E-state index in [0.717, 1.165) is 11.8 Å². The van der Waals surface area contributed by atoms with Crippen molar-refractivity contribution in [2.24, 2.45) is 0 Å². The van der Waals surface area contributed by atoms with Gasteiger partial charge in [0.05, 0.1) is 23.3 Å². The number of aromatic carboxylic acids is 1. The minimum absolute atomic E-state index is 0.0773. The lowest BCUT2D eigenvalue weighted by Gasteiger charge is -2.15. The largest absolute Gasteiger partial charge is 0.493 e. The van der Waals surface area contributed by atoms with Gasteiger partial charge in [0.1, 0.15) is 6.61 Å². The third-order valence-corrected chi connectivity index (χ3v) is 5.31. The molecule has 8 heteroatoms. The highest BCUT2D eigenvalue weighted by molar-refractivity contribution is 8.27. The smallest absolute Gasteiger partial charge is 0.335 e. The van der Waals surface area contributed by atoms with Crippen molar-refractivity contribution in [2.45, 2.75) is 0 Å². The number of carbonyl (C=O) groups is 2. The van der Waals surface area contributed by atoms with Gasteiger partial charge in [-0.1, -0.05) is 54.8 Å². The Morgan fingerprint density at radius 2 is 2.07 bits per heavy atom. The summed E-state index contributed by atoms with van der Waals surface area (Å²) in [5.41, 5.74) is 1.14. The Labute approximate surface area is 177 Å². The third kappa shape index (κ3) is 4.33. The van der Waals surface area contributed by atoms with E-state index >= 15 is 0 Å². The van der Waals surface area contributed by atoms with Gasteiger partial charge in [-0.3, -0.25) is 9.69 Å². The van der Waals surface area contributed by atoms with Crippen LogP contribution in [0.2, 0.25) is 0 Å². The van der Waals surface area contributed by atoms with Crippen molar-refractivity contribution in [3.63, 3.8) is 0 Å². The molecule has 1 aliphatic rings. The van der Waals surface area contributed by atoms with Crippen LogP contribution in [0.25, 0.3) is 6.08 Å². The number of rotatable bonds is 7. The van der Waals surface area contributed by atoms with Crippen molar-refractivity contribution in [1.82, 2.24) is 0 Å². The van der Waals surface area contributed by atoms with Crippen LogP contribution in [-0.2, 0) is 4.79 Å². The lowest BCUT2D eigenvalue weighted by molar-refractivity contribution is -0.113. The van der Waals surface area contributed by atoms with Crippen molar-refractivity contribution in [1.29, 1.82) is 0 Å². The first-order valence-corrected chi connectivity index (χ1v) is 9.70. The normalized spacial score (nSPS) is 14.9. The van der Waals surface area contributed by atoms with Crippen LogP contribution in [0.5, 0.6) is 11.5 Å². The van der Waals surface area contributed by atoms with E-state index in [9.17, 15) is 14.7 Å². The Morgan fingerprint density at radius 3 is 2.76 bits per heavy atom. The Bertz CT molecular complexity index is 1030. The maximum Gasteiger partial charge on any atom is 0.335 e. The molecule has 1 fully saturated rings. The monoisotopic (exact) mass is 427 g/mol. The van der Waals surface area contributed by atoms with Gasteiger partial charge >= 0.3 is 5.97 Å². The molecular weight excluding hydrogens is 410 g/mol. The van der Waals surface area contributed by atoms with Crippen LogP contribution in [0.1, 0.15) is 15.9 Å². The number of amides is 1. The maximum absolute atomic E-state index is 13.0. The SMILES string of the molecule is C=CCOc1c(C=C2SC(=S)N(c3cccc(C(=O)O)c3)C2=O)cccc1OC. The molecule has 0 unspecified atom stereocenters. The predicted molar refractivity (Wildman–Crippen MR) is 118 cm³/mol. The quantitative estimate of drug-likeness (QED) is 0.400. The van der Waals surface area contributed by atoms with E-state index in [2.05, 4.69) is 6.58 Å². The minimum Gasteiger partial charge on any atom is -0.493 e. The predicted octanol–water partition coefficient (Wildman–Crippen LogP) is 4.36. The molecule has 6 nitrogen and oxygen atoms in total. The Kier molecular flexibility index (Phi) is 6.36. The number of para-hydroxylation sites is 1. The van der Waals surface area contributed by atoms with Gasteiger partial charge < -0.3 is 14.6 Å². The number of carboxylic acid groups (broad SMARTS) is 1. The zero-order valence-electron chi connectivity index (χ0n) is 15.5. The molecule has 0 aromatic heterocycles. The molecule has 0 saturated carbocycles. The number of ether oxygens (including phenoxy) is 2. The average molecular weight is 428 g/mol. The molecule has 0 atom stereocenters. The molecular formula is C21H17NO5S2. The van der Waals surface area contributed by atoms with Gasteiger partial charge in [-0.15, -0.1) is 0 Å². The van der Waals surface area contributed by atoms with Gasteiger partial charge in [0.2, 0.25) is 0 Å². The fourth-order valence-corrected chi connectivity index (χ4v) is 4.00. The highest BCUT2D eigenvalue weighted by atomic mass is 32.2. The third-order valence-electron chi connectivity index (χ3n) is 4.01. The highest BCUT2D eigenvalue weighted by Crippen LogP contribution is 2.39. The molecule has 1 aliphatic heterocycles. The number of hydrogen-bond acceptors (Lipinski definition) is 6. The summed E-state index contributed by atoms with van der Waals surface area (Å²) < 4.78 is 11.4. The van der Waals surface area contributed by atoms with Crippen molar-refractivity contribution < 1.29 is 24.2 Å². The van der Waals surface area contributed by atoms with Crippen LogP contribution in [-0.4, -0.2) is 35.0 Å². The van der Waals surface area contributed by atoms with Crippen molar-refractivity contribution in [3.8, 4) is 11.5 Å². The van der Waals surface area contributed by atoms with Crippen LogP contribution in [0, 0.1) is 0 Å². The number of anilines is 1. The number of nitrogens with zero attached hydrogens (tertiary/aromatic N) is 1. The lowest BCUT2D eigenvalue weighted by atomic mass is 10.1. The molecule has 1 amide bonds. The molecule has 29 heavy (non-hydrogen) atoms. The fourth-order valence-electron chi connectivity index (χ4n) is 2.71. The summed E-state index contributed by atoms with van der Waals surface area (Å²) in [6.45, 7) is 3.93. The van der Waals surface area contributed by atoms with Crippen LogP contribution >= 0.6 is 24.0 Å². The van der Waals surface area contributed by atoms with Gasteiger partial charge in [0, 0.05) is 5.56 Å². The van der Waals surface area contributed by atoms with E-state index in [1.807, 2.05) is 0 Å². The Hall–Kier alpha value is -3.10. The topological polar surface area (TPSA) is 76.1 Å². The van der Waals surface area contributed by atoms with E-state index in [0.29, 0.717) is 32.0 Å². The molecule has 0 spiro atoms. The summed E-state index contributed by atoms with van der Waals surface area (Å²) in [6.07, 6.45) is 3.30. The minimum atomic E-state index is -1.08. The molecule has 0 radical (unpaired) electrons. The van der Waals surface area contributed by atoms with Gasteiger partial charge in [-0.25, -0.2) is 4.79 Å². The molecule has 148 valence electrons. The van der Waals surface area contributed by atoms with Crippen molar-refractivity contribution in [2.75, 3.05) is 18.6 Å². The van der Waals surface area contributed by atoms with Gasteiger partial charge in [-0.05, 0) is 30.3 Å². The Balaban J connectivity index is 1.98. The summed E-state index contributed by atoms with van der Waals surface area (Å²) in [5.74, 6) is -0.383. The van der Waals surface area contributed by atoms with E-state index in [4.69, 9.17) is 21.7 Å². The second-order valence-corrected chi connectivity index (χ2v) is 7.53. The highest BCUT2D eigenvalue weighted by Gasteiger charge is 2.34. The molecule has 3 rings (SSSR count). The number of hydrogen-bond donors (Lipinski definition) is 1. The summed E-state index contributed by atoms with van der Waals surface area (Å²) in [6, 6.07) is 11.5. The van der Waals surface area contributed by atoms with Crippen LogP contribution < -0.4 is 14.4 Å². The molecule has 1 heterocycles. The Morgan fingerprint density at radius 1 is 1.31 bits per heavy atom. The molecule has 1 N–H and O–H groups in total. The number of benzene rings is 2. The molecule has 0 aliphatic carbocycles. The zero-order chi connectivity index (χ0) is 21.0. The molecule has 1 saturated heterocycles. The number of carbonyl (C=O) groups excluding carboxylic acids is 1. The number of thiocarbonyl (C=S) groups is 1. The van der Waals surface area contributed by atoms with Gasteiger partial charge in [0.15, 0.2) is 15.8 Å². The second-order valence-electron chi connectivity index (χ2n) is 5.85. The summed E-state index contributed by atoms with van der Waals surface area (Å²) in [4.78, 5) is 25.9. The molecule has 0 bridgehead atoms. The molecule has 2 aromatic carbocycles. The first kappa shape index (κ1) is 20.6. The van der Waals surface area contributed by atoms with Gasteiger partial charge in [-0.2, -0.15) is 0 Å². The van der Waals surface area contributed by atoms with Crippen LogP contribution in [0.4, 0.5) is 5.69 Å². The maximum atomic E-state index is 13.0. The zero-order valence-corrected chi connectivity index (χ0v) is 17.1. The summed E-state index contributed by atoms with van der Waals surface area (Å²) in [5, 5.41) is 9.20. The van der Waals surface area contributed by atoms with Gasteiger partial charge in [0.25, 0.3) is 5.91 Å². The first-order valence-electron chi connectivity index (χ1n) is 8.48. The van der Waals surface area contributed by atoms with Crippen LogP contribution in [0.15, 0.2) is 60.0 Å². The second kappa shape index (κ2) is 8.93. The molecule has 2 aromatic rings.